The smallest absolute Gasteiger partial charge is 0.194 e. The molecule has 0 aromatic heterocycles. The lowest BCUT2D eigenvalue weighted by molar-refractivity contribution is 0.103. The molecule has 0 saturated carbocycles. The standard InChI is InChI=1S/C16H12OS/c1-9-7-10(2)14-13(8-9)16(18)12-6-4-3-5-11(12)15(14)17/h3-8H,1-2H3. The molecule has 1 nitrogen and oxygen atoms in total. The number of carbonyl (C=O) groups excluding carboxylic acids is 1. The van der Waals surface area contributed by atoms with Crippen LogP contribution in [0.3, 0.4) is 0 Å². The van der Waals surface area contributed by atoms with Crippen LogP contribution in [0, 0.1) is 13.8 Å². The minimum Gasteiger partial charge on any atom is -0.289 e. The highest BCUT2D eigenvalue weighted by Gasteiger charge is 2.28. The lowest BCUT2D eigenvalue weighted by Crippen LogP contribution is -2.21. The Bertz CT molecular complexity index is 698. The van der Waals surface area contributed by atoms with Gasteiger partial charge in [0.25, 0.3) is 0 Å². The molecule has 0 aliphatic heterocycles. The van der Waals surface area contributed by atoms with Gasteiger partial charge >= 0.3 is 0 Å². The largest absolute Gasteiger partial charge is 0.289 e. The molecule has 1 aliphatic carbocycles. The summed E-state index contributed by atoms with van der Waals surface area (Å²) in [6.45, 7) is 4.00. The molecule has 18 heavy (non-hydrogen) atoms. The van der Waals surface area contributed by atoms with Crippen molar-refractivity contribution < 1.29 is 4.79 Å². The van der Waals surface area contributed by atoms with E-state index in [0.29, 0.717) is 0 Å². The van der Waals surface area contributed by atoms with Gasteiger partial charge in [0.15, 0.2) is 5.78 Å². The molecule has 0 heterocycles. The zero-order valence-corrected chi connectivity index (χ0v) is 11.1. The first-order valence-electron chi connectivity index (χ1n) is 5.89. The Hall–Kier alpha value is -1.80. The molecule has 1 aliphatic rings. The number of aryl methyl sites for hydroxylation is 2. The van der Waals surface area contributed by atoms with Crippen LogP contribution < -0.4 is 0 Å². The summed E-state index contributed by atoms with van der Waals surface area (Å²) < 4.78 is 0. The van der Waals surface area contributed by atoms with Crippen molar-refractivity contribution in [1.29, 1.82) is 0 Å². The lowest BCUT2D eigenvalue weighted by Gasteiger charge is -2.21. The first-order chi connectivity index (χ1) is 8.59. The third-order valence-electron chi connectivity index (χ3n) is 3.37. The van der Waals surface area contributed by atoms with Gasteiger partial charge in [-0.05, 0) is 25.5 Å². The summed E-state index contributed by atoms with van der Waals surface area (Å²) in [4.78, 5) is 13.3. The van der Waals surface area contributed by atoms with Crippen molar-refractivity contribution in [3.63, 3.8) is 0 Å². The molecular formula is C16H12OS. The van der Waals surface area contributed by atoms with Crippen LogP contribution in [0.1, 0.15) is 38.2 Å². The quantitative estimate of drug-likeness (QED) is 0.568. The number of hydrogen-bond donors (Lipinski definition) is 0. The van der Waals surface area contributed by atoms with Gasteiger partial charge in [0.1, 0.15) is 0 Å². The monoisotopic (exact) mass is 252 g/mol. The maximum absolute atomic E-state index is 12.5. The molecule has 0 bridgehead atoms. The first kappa shape index (κ1) is 11.3. The summed E-state index contributed by atoms with van der Waals surface area (Å²) in [5.41, 5.74) is 5.43. The number of hydrogen-bond acceptors (Lipinski definition) is 2. The number of thiocarbonyl (C=S) groups is 1. The van der Waals surface area contributed by atoms with Crippen LogP contribution in [0.4, 0.5) is 0 Å². The van der Waals surface area contributed by atoms with Crippen LogP contribution in [-0.2, 0) is 0 Å². The molecular weight excluding hydrogens is 240 g/mol. The molecule has 0 atom stereocenters. The maximum Gasteiger partial charge on any atom is 0.194 e. The number of rotatable bonds is 0. The van der Waals surface area contributed by atoms with E-state index in [1.54, 1.807) is 0 Å². The zero-order chi connectivity index (χ0) is 12.9. The van der Waals surface area contributed by atoms with Crippen LogP contribution in [0.25, 0.3) is 0 Å². The Morgan fingerprint density at radius 1 is 0.944 bits per heavy atom. The second-order valence-corrected chi connectivity index (χ2v) is 5.12. The Morgan fingerprint density at radius 3 is 2.33 bits per heavy atom. The number of fused-ring (bicyclic) bond motifs is 2. The molecule has 2 aromatic carbocycles. The van der Waals surface area contributed by atoms with E-state index in [0.717, 1.165) is 38.2 Å². The van der Waals surface area contributed by atoms with E-state index in [1.807, 2.05) is 50.2 Å². The van der Waals surface area contributed by atoms with Crippen molar-refractivity contribution in [2.45, 2.75) is 13.8 Å². The van der Waals surface area contributed by atoms with Crippen molar-refractivity contribution >= 4 is 22.9 Å². The van der Waals surface area contributed by atoms with Crippen molar-refractivity contribution in [2.75, 3.05) is 0 Å². The van der Waals surface area contributed by atoms with Gasteiger partial charge < -0.3 is 0 Å². The average molecular weight is 252 g/mol. The van der Waals surface area contributed by atoms with E-state index < -0.39 is 0 Å². The summed E-state index contributed by atoms with van der Waals surface area (Å²) in [5.74, 6) is 0.0895. The molecule has 0 radical (unpaired) electrons. The van der Waals surface area contributed by atoms with E-state index >= 15 is 0 Å². The summed E-state index contributed by atoms with van der Waals surface area (Å²) >= 11 is 5.54. The molecule has 3 rings (SSSR count). The minimum atomic E-state index is 0.0895. The Labute approximate surface area is 111 Å². The van der Waals surface area contributed by atoms with Crippen molar-refractivity contribution in [2.24, 2.45) is 0 Å². The van der Waals surface area contributed by atoms with Gasteiger partial charge in [0.2, 0.25) is 0 Å². The highest BCUT2D eigenvalue weighted by Crippen LogP contribution is 2.30. The van der Waals surface area contributed by atoms with Crippen LogP contribution >= 0.6 is 12.2 Å². The predicted octanol–water partition coefficient (Wildman–Crippen LogP) is 3.61. The minimum absolute atomic E-state index is 0.0895. The SMILES string of the molecule is Cc1cc(C)c2c(c1)C(=S)c1ccccc1C2=O. The molecule has 2 aromatic rings. The van der Waals surface area contributed by atoms with Gasteiger partial charge in [-0.3, -0.25) is 4.79 Å². The summed E-state index contributed by atoms with van der Waals surface area (Å²) in [7, 11) is 0. The number of carbonyl (C=O) groups is 1. The van der Waals surface area contributed by atoms with Crippen LogP contribution in [0.5, 0.6) is 0 Å². The van der Waals surface area contributed by atoms with Crippen LogP contribution in [0.15, 0.2) is 36.4 Å². The van der Waals surface area contributed by atoms with Gasteiger partial charge in [-0.1, -0.05) is 48.1 Å². The number of ketones is 1. The van der Waals surface area contributed by atoms with Gasteiger partial charge in [-0.15, -0.1) is 0 Å². The third kappa shape index (κ3) is 1.46. The van der Waals surface area contributed by atoms with Crippen LogP contribution in [0.2, 0.25) is 0 Å². The molecule has 0 N–H and O–H groups in total. The van der Waals surface area contributed by atoms with E-state index in [2.05, 4.69) is 0 Å². The van der Waals surface area contributed by atoms with E-state index in [1.165, 1.54) is 0 Å². The van der Waals surface area contributed by atoms with E-state index in [9.17, 15) is 4.79 Å². The fourth-order valence-electron chi connectivity index (χ4n) is 2.61. The maximum atomic E-state index is 12.5. The lowest BCUT2D eigenvalue weighted by atomic mass is 9.82. The fraction of sp³-hybridized carbons (Fsp3) is 0.125. The zero-order valence-electron chi connectivity index (χ0n) is 10.3. The van der Waals surface area contributed by atoms with E-state index in [4.69, 9.17) is 12.2 Å². The third-order valence-corrected chi connectivity index (χ3v) is 3.81. The Balaban J connectivity index is 2.37. The average Bonchev–Trinajstić information content (AvgIpc) is 2.35. The van der Waals surface area contributed by atoms with Gasteiger partial charge in [-0.2, -0.15) is 0 Å². The fourth-order valence-corrected chi connectivity index (χ4v) is 2.95. The molecule has 88 valence electrons. The highest BCUT2D eigenvalue weighted by molar-refractivity contribution is 7.81. The normalized spacial score (nSPS) is 13.2. The van der Waals surface area contributed by atoms with Gasteiger partial charge in [-0.25, -0.2) is 0 Å². The van der Waals surface area contributed by atoms with Crippen molar-refractivity contribution in [3.05, 3.63) is 69.8 Å². The highest BCUT2D eigenvalue weighted by atomic mass is 32.1. The topological polar surface area (TPSA) is 17.1 Å². The Morgan fingerprint density at radius 2 is 1.61 bits per heavy atom. The second kappa shape index (κ2) is 3.85. The molecule has 0 unspecified atom stereocenters. The van der Waals surface area contributed by atoms with E-state index in [-0.39, 0.29) is 5.78 Å². The summed E-state index contributed by atoms with van der Waals surface area (Å²) in [6.07, 6.45) is 0. The predicted molar refractivity (Wildman–Crippen MR) is 76.6 cm³/mol. The van der Waals surface area contributed by atoms with Gasteiger partial charge in [0, 0.05) is 22.3 Å². The second-order valence-electron chi connectivity index (χ2n) is 4.71. The molecule has 0 spiro atoms. The van der Waals surface area contributed by atoms with Crippen molar-refractivity contribution in [3.8, 4) is 0 Å². The van der Waals surface area contributed by atoms with Crippen LogP contribution in [-0.4, -0.2) is 10.6 Å². The molecule has 0 saturated heterocycles. The number of benzene rings is 2. The molecule has 2 heteroatoms. The Kier molecular flexibility index (Phi) is 2.42. The first-order valence-corrected chi connectivity index (χ1v) is 6.30. The molecule has 0 fully saturated rings. The van der Waals surface area contributed by atoms with Gasteiger partial charge in [0.05, 0.1) is 4.86 Å². The summed E-state index contributed by atoms with van der Waals surface area (Å²) in [6, 6.07) is 11.6. The summed E-state index contributed by atoms with van der Waals surface area (Å²) in [5, 5.41) is 0. The van der Waals surface area contributed by atoms with Crippen molar-refractivity contribution in [1.82, 2.24) is 0 Å². The molecule has 0 amide bonds.